The van der Waals surface area contributed by atoms with Gasteiger partial charge in [0.2, 0.25) is 17.7 Å². The quantitative estimate of drug-likeness (QED) is 0.265. The molecule has 0 radical (unpaired) electrons. The number of carbonyl (C=O) groups is 4. The van der Waals surface area contributed by atoms with E-state index in [2.05, 4.69) is 36.2 Å². The third kappa shape index (κ3) is 9.30. The average molecular weight is 636 g/mol. The van der Waals surface area contributed by atoms with Gasteiger partial charge in [0, 0.05) is 36.2 Å². The van der Waals surface area contributed by atoms with Crippen LogP contribution in [0.3, 0.4) is 0 Å². The molecule has 3 atom stereocenters. The number of hydrogen-bond donors (Lipinski definition) is 5. The van der Waals surface area contributed by atoms with Gasteiger partial charge in [-0.3, -0.25) is 19.2 Å². The molecule has 1 aliphatic heterocycles. The van der Waals surface area contributed by atoms with Crippen molar-refractivity contribution in [2.45, 2.75) is 84.3 Å². The number of aromatic amines is 1. The number of aromatic nitrogens is 3. The molecule has 12 nitrogen and oxygen atoms in total. The van der Waals surface area contributed by atoms with Gasteiger partial charge in [0.05, 0.1) is 6.04 Å². The summed E-state index contributed by atoms with van der Waals surface area (Å²) in [5, 5.41) is 13.9. The number of hydrogen-bond acceptors (Lipinski definition) is 8. The number of carbonyl (C=O) groups excluding carboxylic acids is 4. The SMILES string of the molecule is Cc1nc(=O)[nH]c(C)c1CCC(=O)N[C@H]1CCCCNC(=O)C(Cc2ccccc2)NC(=O)c2csc(n2)[C@@H](C(C)C)NC1=O. The number of H-pyrrole nitrogens is 1. The van der Waals surface area contributed by atoms with Crippen LogP contribution in [0.25, 0.3) is 0 Å². The van der Waals surface area contributed by atoms with Crippen molar-refractivity contribution < 1.29 is 19.2 Å². The number of rotatable bonds is 7. The minimum atomic E-state index is -0.813. The van der Waals surface area contributed by atoms with Gasteiger partial charge >= 0.3 is 5.69 Å². The molecule has 0 saturated heterocycles. The third-order valence-electron chi connectivity index (χ3n) is 7.82. The molecule has 3 aromatic rings. The van der Waals surface area contributed by atoms with Gasteiger partial charge in [-0.2, -0.15) is 4.98 Å². The summed E-state index contributed by atoms with van der Waals surface area (Å²) in [5.74, 6) is -1.48. The van der Waals surface area contributed by atoms with E-state index in [0.717, 1.165) is 11.1 Å². The Morgan fingerprint density at radius 1 is 1.02 bits per heavy atom. The molecule has 1 aliphatic rings. The normalized spacial score (nSPS) is 19.8. The highest BCUT2D eigenvalue weighted by molar-refractivity contribution is 7.09. The van der Waals surface area contributed by atoms with E-state index in [1.807, 2.05) is 44.2 Å². The molecular weight excluding hydrogens is 594 g/mol. The van der Waals surface area contributed by atoms with Gasteiger partial charge in [0.15, 0.2) is 0 Å². The molecule has 1 aromatic carbocycles. The molecule has 5 N–H and O–H groups in total. The van der Waals surface area contributed by atoms with Gasteiger partial charge in [0.1, 0.15) is 22.8 Å². The zero-order chi connectivity index (χ0) is 32.5. The van der Waals surface area contributed by atoms with Crippen molar-refractivity contribution in [3.63, 3.8) is 0 Å². The van der Waals surface area contributed by atoms with Crippen LogP contribution < -0.4 is 27.0 Å². The summed E-state index contributed by atoms with van der Waals surface area (Å²) in [6.45, 7) is 7.73. The molecule has 1 unspecified atom stereocenters. The molecule has 45 heavy (non-hydrogen) atoms. The third-order valence-corrected chi connectivity index (χ3v) is 8.74. The van der Waals surface area contributed by atoms with Crippen LogP contribution in [-0.2, 0) is 27.2 Å². The van der Waals surface area contributed by atoms with Crippen LogP contribution >= 0.6 is 11.3 Å². The van der Waals surface area contributed by atoms with E-state index in [1.54, 1.807) is 19.2 Å². The molecule has 4 amide bonds. The summed E-state index contributed by atoms with van der Waals surface area (Å²) in [7, 11) is 0. The topological polar surface area (TPSA) is 175 Å². The molecule has 3 heterocycles. The van der Waals surface area contributed by atoms with Gasteiger partial charge in [-0.15, -0.1) is 11.3 Å². The molecule has 13 heteroatoms. The zero-order valence-electron chi connectivity index (χ0n) is 26.1. The van der Waals surface area contributed by atoms with Crippen LogP contribution in [0.4, 0.5) is 0 Å². The first kappa shape index (κ1) is 33.5. The number of thiazole rings is 1. The lowest BCUT2D eigenvalue weighted by Gasteiger charge is -2.25. The second-order valence-electron chi connectivity index (χ2n) is 11.7. The predicted octanol–water partition coefficient (Wildman–Crippen LogP) is 2.42. The minimum Gasteiger partial charge on any atom is -0.354 e. The lowest BCUT2D eigenvalue weighted by Crippen LogP contribution is -2.49. The Morgan fingerprint density at radius 3 is 2.49 bits per heavy atom. The smallest absolute Gasteiger partial charge is 0.345 e. The summed E-state index contributed by atoms with van der Waals surface area (Å²) in [4.78, 5) is 75.8. The Kier molecular flexibility index (Phi) is 11.6. The fourth-order valence-corrected chi connectivity index (χ4v) is 6.32. The molecule has 4 rings (SSSR count). The van der Waals surface area contributed by atoms with Crippen LogP contribution in [0.5, 0.6) is 0 Å². The van der Waals surface area contributed by atoms with E-state index in [9.17, 15) is 24.0 Å². The molecule has 0 aliphatic carbocycles. The molecule has 0 spiro atoms. The first-order chi connectivity index (χ1) is 21.5. The Bertz CT molecular complexity index is 1540. The molecular formula is C32H41N7O5S. The highest BCUT2D eigenvalue weighted by atomic mass is 32.1. The minimum absolute atomic E-state index is 0.0541. The number of benzene rings is 1. The van der Waals surface area contributed by atoms with Crippen LogP contribution in [-0.4, -0.2) is 57.2 Å². The molecule has 240 valence electrons. The van der Waals surface area contributed by atoms with Crippen LogP contribution in [0, 0.1) is 19.8 Å². The first-order valence-corrected chi connectivity index (χ1v) is 16.1. The van der Waals surface area contributed by atoms with E-state index < -0.39 is 29.7 Å². The largest absolute Gasteiger partial charge is 0.354 e. The Balaban J connectivity index is 1.52. The summed E-state index contributed by atoms with van der Waals surface area (Å²) in [5.41, 5.74) is 2.66. The van der Waals surface area contributed by atoms with E-state index >= 15 is 0 Å². The lowest BCUT2D eigenvalue weighted by atomic mass is 10.0. The standard InChI is InChI=1S/C32H41N7O5S/c1-18(2)27-31-38-25(17-45-31)30(43)37-24(16-21-10-6-5-7-11-21)28(41)33-15-9-8-12-23(29(42)39-27)36-26(40)14-13-22-19(3)34-32(44)35-20(22)4/h5-7,10-11,17-18,23-24,27H,8-9,12-16H2,1-4H3,(H,33,41)(H,36,40)(H,37,43)(H,39,42)(H,34,35,44)/t23-,24?,27+/m0/s1. The van der Waals surface area contributed by atoms with Crippen molar-refractivity contribution >= 4 is 35.0 Å². The highest BCUT2D eigenvalue weighted by Gasteiger charge is 2.29. The summed E-state index contributed by atoms with van der Waals surface area (Å²) in [6.07, 6.45) is 2.28. The second-order valence-corrected chi connectivity index (χ2v) is 12.5. The molecule has 0 saturated carbocycles. The van der Waals surface area contributed by atoms with Gasteiger partial charge in [0.25, 0.3) is 5.91 Å². The van der Waals surface area contributed by atoms with E-state index in [4.69, 9.17) is 0 Å². The van der Waals surface area contributed by atoms with Crippen molar-refractivity contribution in [2.24, 2.45) is 5.92 Å². The maximum Gasteiger partial charge on any atom is 0.345 e. The van der Waals surface area contributed by atoms with Crippen molar-refractivity contribution in [2.75, 3.05) is 6.54 Å². The van der Waals surface area contributed by atoms with Crippen LogP contribution in [0.15, 0.2) is 40.5 Å². The van der Waals surface area contributed by atoms with Gasteiger partial charge < -0.3 is 26.3 Å². The van der Waals surface area contributed by atoms with Crippen LogP contribution in [0.2, 0.25) is 0 Å². The molecule has 2 aromatic heterocycles. The fourth-order valence-electron chi connectivity index (χ4n) is 5.30. The fraction of sp³-hybridized carbons (Fsp3) is 0.469. The monoisotopic (exact) mass is 635 g/mol. The number of fused-ring (bicyclic) bond motifs is 2. The van der Waals surface area contributed by atoms with Crippen molar-refractivity contribution in [1.82, 2.24) is 36.2 Å². The first-order valence-electron chi connectivity index (χ1n) is 15.3. The van der Waals surface area contributed by atoms with Gasteiger partial charge in [-0.25, -0.2) is 9.78 Å². The predicted molar refractivity (Wildman–Crippen MR) is 171 cm³/mol. The zero-order valence-corrected chi connectivity index (χ0v) is 26.9. The maximum atomic E-state index is 13.6. The Morgan fingerprint density at radius 2 is 1.78 bits per heavy atom. The number of amides is 4. The molecule has 2 bridgehead atoms. The number of nitrogens with zero attached hydrogens (tertiary/aromatic N) is 2. The Hall–Kier alpha value is -4.39. The van der Waals surface area contributed by atoms with Gasteiger partial charge in [-0.1, -0.05) is 44.2 Å². The highest BCUT2D eigenvalue weighted by Crippen LogP contribution is 2.26. The van der Waals surface area contributed by atoms with E-state index in [1.165, 1.54) is 11.3 Å². The second kappa shape index (κ2) is 15.6. The maximum absolute atomic E-state index is 13.6. The lowest BCUT2D eigenvalue weighted by molar-refractivity contribution is -0.129. The number of aryl methyl sites for hydroxylation is 2. The summed E-state index contributed by atoms with van der Waals surface area (Å²) in [6, 6.07) is 7.38. The van der Waals surface area contributed by atoms with E-state index in [-0.39, 0.29) is 35.8 Å². The summed E-state index contributed by atoms with van der Waals surface area (Å²) < 4.78 is 0. The van der Waals surface area contributed by atoms with Crippen molar-refractivity contribution in [1.29, 1.82) is 0 Å². The number of nitrogens with one attached hydrogen (secondary N) is 5. The summed E-state index contributed by atoms with van der Waals surface area (Å²) >= 11 is 1.26. The van der Waals surface area contributed by atoms with Crippen molar-refractivity contribution in [3.05, 3.63) is 79.4 Å². The average Bonchev–Trinajstić information content (AvgIpc) is 3.48. The molecule has 0 fully saturated rings. The van der Waals surface area contributed by atoms with Gasteiger partial charge in [-0.05, 0) is 56.6 Å². The van der Waals surface area contributed by atoms with E-state index in [0.29, 0.717) is 55.0 Å². The Labute approximate surface area is 266 Å². The van der Waals surface area contributed by atoms with Crippen LogP contribution in [0.1, 0.15) is 83.6 Å². The van der Waals surface area contributed by atoms with Crippen molar-refractivity contribution in [3.8, 4) is 0 Å².